The van der Waals surface area contributed by atoms with Gasteiger partial charge in [-0.2, -0.15) is 5.26 Å². The normalized spacial score (nSPS) is 15.9. The van der Waals surface area contributed by atoms with E-state index < -0.39 is 10.8 Å². The molecule has 0 N–H and O–H groups in total. The molecule has 1 aromatic carbocycles. The number of hydrogen-bond acceptors (Lipinski definition) is 4. The Kier molecular flexibility index (Phi) is 2.88. The third kappa shape index (κ3) is 2.16. The summed E-state index contributed by atoms with van der Waals surface area (Å²) in [5, 5.41) is 19.9. The van der Waals surface area contributed by atoms with E-state index in [0.717, 1.165) is 12.8 Å². The van der Waals surface area contributed by atoms with Crippen LogP contribution < -0.4 is 0 Å². The minimum absolute atomic E-state index is 0.0838. The van der Waals surface area contributed by atoms with Gasteiger partial charge in [-0.3, -0.25) is 14.9 Å². The van der Waals surface area contributed by atoms with E-state index >= 15 is 0 Å². The second-order valence-electron chi connectivity index (χ2n) is 4.05. The van der Waals surface area contributed by atoms with Crippen molar-refractivity contribution in [1.29, 1.82) is 5.26 Å². The van der Waals surface area contributed by atoms with Gasteiger partial charge in [-0.15, -0.1) is 0 Å². The van der Waals surface area contributed by atoms with Crippen molar-refractivity contribution in [3.8, 4) is 6.07 Å². The van der Waals surface area contributed by atoms with Crippen LogP contribution in [0.5, 0.6) is 0 Å². The molecular formula is C12H10N2O3. The summed E-state index contributed by atoms with van der Waals surface area (Å²) >= 11 is 0. The van der Waals surface area contributed by atoms with Gasteiger partial charge in [0, 0.05) is 12.0 Å². The van der Waals surface area contributed by atoms with Gasteiger partial charge in [-0.1, -0.05) is 18.2 Å². The minimum Gasteiger partial charge on any atom is -0.298 e. The topological polar surface area (TPSA) is 84.0 Å². The quantitative estimate of drug-likeness (QED) is 0.586. The van der Waals surface area contributed by atoms with Gasteiger partial charge in [0.2, 0.25) is 0 Å². The largest absolute Gasteiger partial charge is 0.298 e. The molecule has 5 heteroatoms. The molecule has 5 nitrogen and oxygen atoms in total. The zero-order valence-electron chi connectivity index (χ0n) is 9.00. The Bertz CT molecular complexity index is 515. The Labute approximate surface area is 97.8 Å². The van der Waals surface area contributed by atoms with Crippen LogP contribution in [0.15, 0.2) is 24.3 Å². The molecule has 0 aromatic heterocycles. The van der Waals surface area contributed by atoms with Crippen molar-refractivity contribution in [2.24, 2.45) is 5.92 Å². The summed E-state index contributed by atoms with van der Waals surface area (Å²) in [5.41, 5.74) is 0.0463. The zero-order valence-corrected chi connectivity index (χ0v) is 9.00. The van der Waals surface area contributed by atoms with Crippen LogP contribution in [-0.2, 0) is 4.79 Å². The number of carbonyl (C=O) groups excluding carboxylic acids is 1. The van der Waals surface area contributed by atoms with Crippen LogP contribution in [0.4, 0.5) is 5.69 Å². The predicted octanol–water partition coefficient (Wildman–Crippen LogP) is 2.18. The number of nitro groups is 1. The first kappa shape index (κ1) is 11.3. The van der Waals surface area contributed by atoms with Gasteiger partial charge >= 0.3 is 0 Å². The molecule has 2 rings (SSSR count). The fourth-order valence-corrected chi connectivity index (χ4v) is 1.79. The van der Waals surface area contributed by atoms with E-state index in [1.54, 1.807) is 6.07 Å². The number of hydrogen-bond donors (Lipinski definition) is 0. The van der Waals surface area contributed by atoms with Crippen molar-refractivity contribution in [2.75, 3.05) is 0 Å². The van der Waals surface area contributed by atoms with Gasteiger partial charge in [-0.25, -0.2) is 0 Å². The maximum absolute atomic E-state index is 11.9. The predicted molar refractivity (Wildman–Crippen MR) is 59.2 cm³/mol. The van der Waals surface area contributed by atoms with Gasteiger partial charge in [0.25, 0.3) is 5.69 Å². The fraction of sp³-hybridized carbons (Fsp3) is 0.333. The molecule has 0 bridgehead atoms. The molecule has 1 aromatic rings. The summed E-state index contributed by atoms with van der Waals surface area (Å²) in [5.74, 6) is -1.29. The van der Waals surface area contributed by atoms with Gasteiger partial charge in [-0.05, 0) is 12.8 Å². The molecule has 17 heavy (non-hydrogen) atoms. The summed E-state index contributed by atoms with van der Waals surface area (Å²) in [6, 6.07) is 7.81. The number of para-hydroxylation sites is 1. The monoisotopic (exact) mass is 230 g/mol. The first-order valence-corrected chi connectivity index (χ1v) is 5.32. The number of rotatable bonds is 4. The second-order valence-corrected chi connectivity index (χ2v) is 4.05. The van der Waals surface area contributed by atoms with Crippen molar-refractivity contribution < 1.29 is 9.72 Å². The zero-order chi connectivity index (χ0) is 12.4. The maximum Gasteiger partial charge on any atom is 0.274 e. The summed E-state index contributed by atoms with van der Waals surface area (Å²) < 4.78 is 0. The number of nitriles is 1. The van der Waals surface area contributed by atoms with E-state index in [2.05, 4.69) is 0 Å². The molecule has 0 aliphatic heterocycles. The highest BCUT2D eigenvalue weighted by atomic mass is 16.6. The third-order valence-corrected chi connectivity index (χ3v) is 2.84. The molecule has 1 aliphatic rings. The van der Waals surface area contributed by atoms with Crippen LogP contribution in [0.25, 0.3) is 0 Å². The van der Waals surface area contributed by atoms with E-state index in [9.17, 15) is 14.9 Å². The summed E-state index contributed by atoms with van der Waals surface area (Å²) in [7, 11) is 0. The Morgan fingerprint density at radius 1 is 1.47 bits per heavy atom. The lowest BCUT2D eigenvalue weighted by Crippen LogP contribution is -2.14. The third-order valence-electron chi connectivity index (χ3n) is 2.84. The van der Waals surface area contributed by atoms with Crippen LogP contribution in [-0.4, -0.2) is 10.7 Å². The number of ketones is 1. The minimum atomic E-state index is -1.01. The molecular weight excluding hydrogens is 220 g/mol. The number of nitrogens with zero attached hydrogens (tertiary/aromatic N) is 2. The van der Waals surface area contributed by atoms with Crippen molar-refractivity contribution in [3.63, 3.8) is 0 Å². The molecule has 1 saturated carbocycles. The molecule has 0 saturated heterocycles. The van der Waals surface area contributed by atoms with Crippen LogP contribution in [0.1, 0.15) is 24.3 Å². The van der Waals surface area contributed by atoms with Gasteiger partial charge < -0.3 is 0 Å². The van der Waals surface area contributed by atoms with Crippen molar-refractivity contribution in [1.82, 2.24) is 0 Å². The molecule has 1 fully saturated rings. The smallest absolute Gasteiger partial charge is 0.274 e. The van der Waals surface area contributed by atoms with E-state index in [4.69, 9.17) is 5.26 Å². The average Bonchev–Trinajstić information content (AvgIpc) is 3.14. The summed E-state index contributed by atoms with van der Waals surface area (Å²) in [4.78, 5) is 22.1. The lowest BCUT2D eigenvalue weighted by atomic mass is 9.92. The highest BCUT2D eigenvalue weighted by Crippen LogP contribution is 2.37. The number of nitro benzene ring substituents is 1. The first-order chi connectivity index (χ1) is 8.15. The molecule has 86 valence electrons. The molecule has 1 atom stereocenters. The van der Waals surface area contributed by atoms with Crippen molar-refractivity contribution in [2.45, 2.75) is 18.8 Å². The molecule has 0 amide bonds. The average molecular weight is 230 g/mol. The molecule has 0 spiro atoms. The molecule has 0 heterocycles. The number of benzene rings is 1. The molecule has 0 unspecified atom stereocenters. The lowest BCUT2D eigenvalue weighted by molar-refractivity contribution is -0.385. The van der Waals surface area contributed by atoms with E-state index in [1.807, 2.05) is 6.07 Å². The van der Waals surface area contributed by atoms with Crippen molar-refractivity contribution in [3.05, 3.63) is 39.9 Å². The number of carbonyl (C=O) groups is 1. The van der Waals surface area contributed by atoms with Crippen LogP contribution in [0.2, 0.25) is 0 Å². The Balaban J connectivity index is 2.40. The molecule has 0 radical (unpaired) electrons. The Morgan fingerprint density at radius 2 is 2.12 bits per heavy atom. The van der Waals surface area contributed by atoms with Gasteiger partial charge in [0.15, 0.2) is 5.78 Å². The lowest BCUT2D eigenvalue weighted by Gasteiger charge is -2.07. The Hall–Kier alpha value is -2.22. The maximum atomic E-state index is 11.9. The van der Waals surface area contributed by atoms with Crippen LogP contribution in [0.3, 0.4) is 0 Å². The van der Waals surface area contributed by atoms with Crippen LogP contribution in [0, 0.1) is 27.4 Å². The highest BCUT2D eigenvalue weighted by molar-refractivity contribution is 5.92. The second kappa shape index (κ2) is 4.34. The fourth-order valence-electron chi connectivity index (χ4n) is 1.79. The molecule has 1 aliphatic carbocycles. The van der Waals surface area contributed by atoms with E-state index in [-0.39, 0.29) is 23.0 Å². The van der Waals surface area contributed by atoms with E-state index in [1.165, 1.54) is 18.2 Å². The first-order valence-electron chi connectivity index (χ1n) is 5.32. The van der Waals surface area contributed by atoms with Crippen LogP contribution >= 0.6 is 0 Å². The summed E-state index contributed by atoms with van der Waals surface area (Å²) in [6.07, 6.45) is 1.58. The van der Waals surface area contributed by atoms with Crippen molar-refractivity contribution >= 4 is 11.5 Å². The SMILES string of the molecule is N#C[C@H](C(=O)C1CC1)c1ccccc1[N+](=O)[O-]. The number of Topliss-reactive ketones (excluding diaryl/α,β-unsaturated/α-hetero) is 1. The summed E-state index contributed by atoms with van der Waals surface area (Å²) in [6.45, 7) is 0. The van der Waals surface area contributed by atoms with Gasteiger partial charge in [0.05, 0.1) is 16.6 Å². The van der Waals surface area contributed by atoms with Gasteiger partial charge in [0.1, 0.15) is 5.92 Å². The Morgan fingerprint density at radius 3 is 2.65 bits per heavy atom. The standard InChI is InChI=1S/C12H10N2O3/c13-7-10(12(15)8-5-6-8)9-3-1-2-4-11(9)14(16)17/h1-4,8,10H,5-6H2/t10-/m0/s1. The van der Waals surface area contributed by atoms with E-state index in [0.29, 0.717) is 0 Å². The highest BCUT2D eigenvalue weighted by Gasteiger charge is 2.37.